The monoisotopic (exact) mass is 356 g/mol. The van der Waals surface area contributed by atoms with Crippen molar-refractivity contribution in [2.75, 3.05) is 11.9 Å². The van der Waals surface area contributed by atoms with Gasteiger partial charge in [0.15, 0.2) is 0 Å². The van der Waals surface area contributed by atoms with Gasteiger partial charge in [-0.2, -0.15) is 0 Å². The number of amides is 2. The number of urea groups is 1. The molecule has 1 aliphatic heterocycles. The van der Waals surface area contributed by atoms with Gasteiger partial charge < -0.3 is 15.0 Å². The summed E-state index contributed by atoms with van der Waals surface area (Å²) in [5.41, 5.74) is 1.38. The van der Waals surface area contributed by atoms with Crippen LogP contribution in [-0.4, -0.2) is 23.8 Å². The van der Waals surface area contributed by atoms with E-state index < -0.39 is 6.36 Å². The number of fused-ring (bicyclic) bond motifs is 1. The van der Waals surface area contributed by atoms with Crippen LogP contribution in [-0.2, 0) is 6.42 Å². The smallest absolute Gasteiger partial charge is 0.406 e. The van der Waals surface area contributed by atoms with E-state index in [1.807, 2.05) is 18.4 Å². The van der Waals surface area contributed by atoms with Gasteiger partial charge in [-0.25, -0.2) is 4.79 Å². The van der Waals surface area contributed by atoms with E-state index in [0.29, 0.717) is 6.54 Å². The van der Waals surface area contributed by atoms with Crippen molar-refractivity contribution in [2.45, 2.75) is 25.7 Å². The Balaban J connectivity index is 1.70. The molecule has 2 aromatic rings. The summed E-state index contributed by atoms with van der Waals surface area (Å²) in [7, 11) is 0. The molecule has 128 valence electrons. The number of nitrogens with one attached hydrogen (secondary N) is 1. The zero-order valence-corrected chi connectivity index (χ0v) is 13.6. The second-order valence-electron chi connectivity index (χ2n) is 5.42. The summed E-state index contributed by atoms with van der Waals surface area (Å²) in [4.78, 5) is 15.4. The van der Waals surface area contributed by atoms with Gasteiger partial charge in [0.2, 0.25) is 0 Å². The first-order chi connectivity index (χ1) is 11.3. The van der Waals surface area contributed by atoms with Gasteiger partial charge >= 0.3 is 12.4 Å². The zero-order valence-electron chi connectivity index (χ0n) is 12.8. The number of thiophene rings is 1. The molecule has 1 N–H and O–H groups in total. The van der Waals surface area contributed by atoms with E-state index in [2.05, 4.69) is 10.1 Å². The quantitative estimate of drug-likeness (QED) is 0.840. The van der Waals surface area contributed by atoms with E-state index in [1.54, 1.807) is 16.2 Å². The first kappa shape index (κ1) is 16.6. The van der Waals surface area contributed by atoms with Crippen molar-refractivity contribution in [3.63, 3.8) is 0 Å². The molecule has 2 heterocycles. The summed E-state index contributed by atoms with van der Waals surface area (Å²) in [6.07, 6.45) is -3.98. The largest absolute Gasteiger partial charge is 0.573 e. The third kappa shape index (κ3) is 3.64. The fourth-order valence-electron chi connectivity index (χ4n) is 2.75. The van der Waals surface area contributed by atoms with Crippen molar-refractivity contribution in [3.8, 4) is 5.75 Å². The van der Waals surface area contributed by atoms with Crippen LogP contribution in [0.5, 0.6) is 5.75 Å². The van der Waals surface area contributed by atoms with E-state index in [4.69, 9.17) is 0 Å². The fourth-order valence-corrected chi connectivity index (χ4v) is 3.72. The first-order valence-corrected chi connectivity index (χ1v) is 8.21. The summed E-state index contributed by atoms with van der Waals surface area (Å²) >= 11 is 1.67. The molecule has 0 unspecified atom stereocenters. The molecular weight excluding hydrogens is 341 g/mol. The summed E-state index contributed by atoms with van der Waals surface area (Å²) in [5, 5.41) is 4.63. The lowest BCUT2D eigenvalue weighted by Crippen LogP contribution is -2.40. The average molecular weight is 356 g/mol. The number of alkyl halides is 3. The number of ether oxygens (including phenoxy) is 1. The van der Waals surface area contributed by atoms with Gasteiger partial charge in [-0.1, -0.05) is 6.07 Å². The molecule has 24 heavy (non-hydrogen) atoms. The van der Waals surface area contributed by atoms with Gasteiger partial charge in [-0.05, 0) is 42.5 Å². The van der Waals surface area contributed by atoms with Crippen molar-refractivity contribution in [3.05, 3.63) is 46.2 Å². The third-order valence-electron chi connectivity index (χ3n) is 3.86. The molecule has 4 nitrogen and oxygen atoms in total. The Kier molecular flexibility index (Phi) is 4.40. The van der Waals surface area contributed by atoms with E-state index in [0.717, 1.165) is 18.1 Å². The molecule has 0 bridgehead atoms. The Morgan fingerprint density at radius 1 is 1.38 bits per heavy atom. The summed E-state index contributed by atoms with van der Waals surface area (Å²) in [6.45, 7) is 2.51. The lowest BCUT2D eigenvalue weighted by atomic mass is 10.0. The van der Waals surface area contributed by atoms with Crippen LogP contribution >= 0.6 is 11.3 Å². The minimum atomic E-state index is -4.76. The number of carbonyl (C=O) groups excluding carboxylic acids is 1. The molecule has 0 saturated heterocycles. The van der Waals surface area contributed by atoms with Crippen molar-refractivity contribution in [2.24, 2.45) is 0 Å². The topological polar surface area (TPSA) is 41.6 Å². The molecule has 0 fully saturated rings. The van der Waals surface area contributed by atoms with Crippen molar-refractivity contribution < 1.29 is 22.7 Å². The van der Waals surface area contributed by atoms with Crippen LogP contribution in [0.25, 0.3) is 0 Å². The Hall–Kier alpha value is -2.22. The number of hydrogen-bond donors (Lipinski definition) is 1. The van der Waals surface area contributed by atoms with Crippen molar-refractivity contribution in [1.29, 1.82) is 0 Å². The molecule has 0 aliphatic carbocycles. The molecular formula is C16H15F3N2O2S. The van der Waals surface area contributed by atoms with Gasteiger partial charge in [0.1, 0.15) is 5.75 Å². The van der Waals surface area contributed by atoms with Gasteiger partial charge in [0.25, 0.3) is 0 Å². The minimum Gasteiger partial charge on any atom is -0.406 e. The van der Waals surface area contributed by atoms with Gasteiger partial charge in [-0.3, -0.25) is 0 Å². The van der Waals surface area contributed by atoms with Crippen LogP contribution in [0.1, 0.15) is 23.4 Å². The molecule has 1 aromatic heterocycles. The van der Waals surface area contributed by atoms with Crippen LogP contribution in [0, 0.1) is 0 Å². The molecule has 1 aromatic carbocycles. The van der Waals surface area contributed by atoms with E-state index in [-0.39, 0.29) is 23.5 Å². The molecule has 8 heteroatoms. The van der Waals surface area contributed by atoms with Crippen molar-refractivity contribution >= 4 is 23.1 Å². The fraction of sp³-hybridized carbons (Fsp3) is 0.312. The number of carbonyl (C=O) groups is 1. The predicted octanol–water partition coefficient (Wildman–Crippen LogP) is 4.80. The molecule has 0 saturated carbocycles. The first-order valence-electron chi connectivity index (χ1n) is 7.33. The maximum Gasteiger partial charge on any atom is 0.573 e. The van der Waals surface area contributed by atoms with Gasteiger partial charge in [0.05, 0.1) is 6.04 Å². The predicted molar refractivity (Wildman–Crippen MR) is 85.3 cm³/mol. The Bertz CT molecular complexity index is 745. The highest BCUT2D eigenvalue weighted by atomic mass is 32.1. The summed E-state index contributed by atoms with van der Waals surface area (Å²) in [6, 6.07) is 6.83. The Morgan fingerprint density at radius 2 is 2.17 bits per heavy atom. The third-order valence-corrected chi connectivity index (χ3v) is 4.85. The van der Waals surface area contributed by atoms with Crippen LogP contribution in [0.2, 0.25) is 0 Å². The normalized spacial score (nSPS) is 17.3. The number of anilines is 1. The van der Waals surface area contributed by atoms with Crippen molar-refractivity contribution in [1.82, 2.24) is 4.90 Å². The van der Waals surface area contributed by atoms with Crippen LogP contribution in [0.4, 0.5) is 23.7 Å². The molecule has 2 amide bonds. The number of halogens is 3. The van der Waals surface area contributed by atoms with Crippen LogP contribution in [0.3, 0.4) is 0 Å². The number of rotatable bonds is 2. The molecule has 1 atom stereocenters. The number of nitrogens with zero attached hydrogens (tertiary/aromatic N) is 1. The highest BCUT2D eigenvalue weighted by molar-refractivity contribution is 7.10. The van der Waals surface area contributed by atoms with Gasteiger partial charge in [0, 0.05) is 23.2 Å². The number of benzene rings is 1. The van der Waals surface area contributed by atoms with E-state index >= 15 is 0 Å². The minimum absolute atomic E-state index is 0.0744. The average Bonchev–Trinajstić information content (AvgIpc) is 2.95. The van der Waals surface area contributed by atoms with Crippen LogP contribution in [0.15, 0.2) is 35.7 Å². The maximum absolute atomic E-state index is 12.5. The maximum atomic E-state index is 12.5. The lowest BCUT2D eigenvalue weighted by Gasteiger charge is -2.33. The SMILES string of the molecule is C[C@@H]1c2ccsc2CCN1C(=O)Nc1cccc(OC(F)(F)F)c1. The standard InChI is InChI=1S/C16H15F3N2O2S/c1-10-13-6-8-24-14(13)5-7-21(10)15(22)20-11-3-2-4-12(9-11)23-16(17,18)19/h2-4,6,8-10H,5,7H2,1H3,(H,20,22)/t10-/m1/s1. The number of hydrogen-bond acceptors (Lipinski definition) is 3. The van der Waals surface area contributed by atoms with Crippen LogP contribution < -0.4 is 10.1 Å². The summed E-state index contributed by atoms with van der Waals surface area (Å²) in [5.74, 6) is -0.368. The molecule has 1 aliphatic rings. The van der Waals surface area contributed by atoms with Gasteiger partial charge in [-0.15, -0.1) is 24.5 Å². The lowest BCUT2D eigenvalue weighted by molar-refractivity contribution is -0.274. The zero-order chi connectivity index (χ0) is 17.3. The second-order valence-corrected chi connectivity index (χ2v) is 6.42. The highest BCUT2D eigenvalue weighted by Gasteiger charge is 2.31. The summed E-state index contributed by atoms with van der Waals surface area (Å²) < 4.78 is 40.7. The molecule has 3 rings (SSSR count). The highest BCUT2D eigenvalue weighted by Crippen LogP contribution is 2.33. The molecule has 0 radical (unpaired) electrons. The Morgan fingerprint density at radius 3 is 2.92 bits per heavy atom. The Labute approximate surface area is 140 Å². The van der Waals surface area contributed by atoms with E-state index in [1.165, 1.54) is 23.1 Å². The molecule has 0 spiro atoms. The second kappa shape index (κ2) is 6.35. The van der Waals surface area contributed by atoms with E-state index in [9.17, 15) is 18.0 Å².